The predicted molar refractivity (Wildman–Crippen MR) is 114 cm³/mol. The number of carbonyl (C=O) groups excluding carboxylic acids is 2. The molecule has 2 amide bonds. The summed E-state index contributed by atoms with van der Waals surface area (Å²) in [4.78, 5) is 23.8. The Morgan fingerprint density at radius 3 is 2.55 bits per heavy atom. The van der Waals surface area contributed by atoms with Gasteiger partial charge < -0.3 is 31.2 Å². The Labute approximate surface area is 181 Å². The molecule has 170 valence electrons. The van der Waals surface area contributed by atoms with E-state index in [2.05, 4.69) is 30.9 Å². The van der Waals surface area contributed by atoms with E-state index < -0.39 is 5.91 Å². The van der Waals surface area contributed by atoms with Gasteiger partial charge in [0.05, 0.1) is 6.61 Å². The van der Waals surface area contributed by atoms with Crippen LogP contribution in [0.1, 0.15) is 43.7 Å². The number of hydrogen-bond donors (Lipinski definition) is 4. The van der Waals surface area contributed by atoms with Crippen molar-refractivity contribution in [3.05, 3.63) is 29.5 Å². The number of hydrogen-bond acceptors (Lipinski definition) is 9. The molecular formula is C20H30N6O5. The van der Waals surface area contributed by atoms with Gasteiger partial charge in [0.2, 0.25) is 11.5 Å². The summed E-state index contributed by atoms with van der Waals surface area (Å²) in [5.74, 6) is 0.364. The van der Waals surface area contributed by atoms with Gasteiger partial charge in [0.25, 0.3) is 11.8 Å². The zero-order valence-electron chi connectivity index (χ0n) is 18.3. The number of anilines is 1. The maximum Gasteiger partial charge on any atom is 0.277 e. The van der Waals surface area contributed by atoms with Gasteiger partial charge >= 0.3 is 0 Å². The molecule has 0 aliphatic carbocycles. The Kier molecular flexibility index (Phi) is 8.62. The molecule has 0 aliphatic rings. The molecule has 0 saturated heterocycles. The summed E-state index contributed by atoms with van der Waals surface area (Å²) in [7, 11) is 0. The molecule has 0 fully saturated rings. The second-order valence-electron chi connectivity index (χ2n) is 7.73. The zero-order valence-corrected chi connectivity index (χ0v) is 18.3. The highest BCUT2D eigenvalue weighted by Gasteiger charge is 2.16. The fraction of sp³-hybridized carbons (Fsp3) is 0.500. The van der Waals surface area contributed by atoms with E-state index >= 15 is 0 Å². The van der Waals surface area contributed by atoms with Crippen molar-refractivity contribution in [3.63, 3.8) is 0 Å². The van der Waals surface area contributed by atoms with E-state index in [0.717, 1.165) is 5.56 Å². The van der Waals surface area contributed by atoms with Crippen LogP contribution in [0.15, 0.2) is 22.8 Å². The Bertz CT molecular complexity index is 877. The van der Waals surface area contributed by atoms with Crippen molar-refractivity contribution in [3.8, 4) is 11.5 Å². The van der Waals surface area contributed by atoms with Gasteiger partial charge in [-0.05, 0) is 55.7 Å². The van der Waals surface area contributed by atoms with Gasteiger partial charge in [0, 0.05) is 25.2 Å². The number of aromatic nitrogens is 2. The Morgan fingerprint density at radius 1 is 1.13 bits per heavy atom. The number of nitrogens with one attached hydrogen (secondary N) is 3. The van der Waals surface area contributed by atoms with Gasteiger partial charge in [-0.15, -0.1) is 0 Å². The van der Waals surface area contributed by atoms with Crippen LogP contribution in [0.2, 0.25) is 0 Å². The highest BCUT2D eigenvalue weighted by Crippen LogP contribution is 2.28. The highest BCUT2D eigenvalue weighted by molar-refractivity contribution is 5.95. The fourth-order valence-corrected chi connectivity index (χ4v) is 2.58. The number of rotatable bonds is 11. The van der Waals surface area contributed by atoms with E-state index in [4.69, 9.17) is 15.2 Å². The molecule has 0 radical (unpaired) electrons. The summed E-state index contributed by atoms with van der Waals surface area (Å²) >= 11 is 0. The van der Waals surface area contributed by atoms with Crippen molar-refractivity contribution < 1.29 is 23.7 Å². The summed E-state index contributed by atoms with van der Waals surface area (Å²) < 4.78 is 15.7. The van der Waals surface area contributed by atoms with E-state index in [-0.39, 0.29) is 29.6 Å². The first-order valence-electron chi connectivity index (χ1n) is 9.96. The topological polar surface area (TPSA) is 154 Å². The van der Waals surface area contributed by atoms with Crippen molar-refractivity contribution in [2.24, 2.45) is 0 Å². The summed E-state index contributed by atoms with van der Waals surface area (Å²) in [6, 6.07) is 5.51. The Hall–Kier alpha value is -3.34. The van der Waals surface area contributed by atoms with Gasteiger partial charge in [-0.3, -0.25) is 9.59 Å². The average molecular weight is 434 g/mol. The zero-order chi connectivity index (χ0) is 22.9. The van der Waals surface area contributed by atoms with Crippen LogP contribution in [0, 0.1) is 0 Å². The van der Waals surface area contributed by atoms with Gasteiger partial charge in [0.1, 0.15) is 0 Å². The van der Waals surface area contributed by atoms with E-state index in [1.165, 1.54) is 0 Å². The standard InChI is InChI=1S/C20H30N6O5/c1-5-29-15-10-13(6-7-14(15)30-12-16(27)24-20(2,3)4)11-22-8-9-23-19(28)17-18(21)26-31-25-17/h6-7,10,22H,5,8-9,11-12H2,1-4H3,(H2,21,26)(H,23,28)(H,24,27). The smallest absolute Gasteiger partial charge is 0.277 e. The minimum atomic E-state index is -0.448. The Balaban J connectivity index is 1.81. The molecular weight excluding hydrogens is 404 g/mol. The van der Waals surface area contributed by atoms with E-state index in [0.29, 0.717) is 37.7 Å². The normalized spacial score (nSPS) is 11.1. The number of nitrogen functional groups attached to an aromatic ring is 1. The first kappa shape index (κ1) is 23.9. The van der Waals surface area contributed by atoms with E-state index in [1.807, 2.05) is 39.8 Å². The second kappa shape index (κ2) is 11.2. The predicted octanol–water partition coefficient (Wildman–Crippen LogP) is 0.864. The highest BCUT2D eigenvalue weighted by atomic mass is 16.6. The SMILES string of the molecule is CCOc1cc(CNCCNC(=O)c2nonc2N)ccc1OCC(=O)NC(C)(C)C. The van der Waals surface area contributed by atoms with Crippen LogP contribution in [-0.4, -0.2) is 54.0 Å². The van der Waals surface area contributed by atoms with Crippen molar-refractivity contribution in [1.29, 1.82) is 0 Å². The molecule has 0 atom stereocenters. The van der Waals surface area contributed by atoms with Gasteiger partial charge in [-0.1, -0.05) is 6.07 Å². The second-order valence-corrected chi connectivity index (χ2v) is 7.73. The van der Waals surface area contributed by atoms with Gasteiger partial charge in [-0.25, -0.2) is 4.63 Å². The molecule has 0 spiro atoms. The van der Waals surface area contributed by atoms with Crippen molar-refractivity contribution in [1.82, 2.24) is 26.3 Å². The maximum atomic E-state index is 12.0. The molecule has 31 heavy (non-hydrogen) atoms. The molecule has 2 rings (SSSR count). The molecule has 1 heterocycles. The molecule has 0 aliphatic heterocycles. The quantitative estimate of drug-likeness (QED) is 0.377. The third kappa shape index (κ3) is 8.13. The van der Waals surface area contributed by atoms with Crippen LogP contribution in [0.3, 0.4) is 0 Å². The van der Waals surface area contributed by atoms with Gasteiger partial charge in [-0.2, -0.15) is 0 Å². The van der Waals surface area contributed by atoms with E-state index in [9.17, 15) is 9.59 Å². The third-order valence-electron chi connectivity index (χ3n) is 3.83. The number of benzene rings is 1. The molecule has 2 aromatic rings. The summed E-state index contributed by atoms with van der Waals surface area (Å²) in [5, 5.41) is 15.5. The summed E-state index contributed by atoms with van der Waals surface area (Å²) in [6.07, 6.45) is 0. The molecule has 1 aromatic carbocycles. The molecule has 0 bridgehead atoms. The summed E-state index contributed by atoms with van der Waals surface area (Å²) in [6.45, 7) is 9.41. The van der Waals surface area contributed by atoms with Crippen molar-refractivity contribution in [2.45, 2.75) is 39.8 Å². The Morgan fingerprint density at radius 2 is 1.90 bits per heavy atom. The van der Waals surface area contributed by atoms with Crippen LogP contribution >= 0.6 is 0 Å². The lowest BCUT2D eigenvalue weighted by molar-refractivity contribution is -0.124. The minimum absolute atomic E-state index is 0.0341. The molecule has 5 N–H and O–H groups in total. The van der Waals surface area contributed by atoms with Crippen LogP contribution in [0.4, 0.5) is 5.82 Å². The average Bonchev–Trinajstić information content (AvgIpc) is 3.12. The first-order chi connectivity index (χ1) is 14.7. The lowest BCUT2D eigenvalue weighted by atomic mass is 10.1. The number of ether oxygens (including phenoxy) is 2. The monoisotopic (exact) mass is 434 g/mol. The molecule has 1 aromatic heterocycles. The largest absolute Gasteiger partial charge is 0.490 e. The fourth-order valence-electron chi connectivity index (χ4n) is 2.58. The minimum Gasteiger partial charge on any atom is -0.490 e. The maximum absolute atomic E-state index is 12.0. The number of amides is 2. The lowest BCUT2D eigenvalue weighted by Gasteiger charge is -2.21. The van der Waals surface area contributed by atoms with Crippen molar-refractivity contribution >= 4 is 17.6 Å². The number of nitrogens with zero attached hydrogens (tertiary/aromatic N) is 2. The molecule has 11 nitrogen and oxygen atoms in total. The van der Waals surface area contributed by atoms with Crippen LogP contribution in [0.25, 0.3) is 0 Å². The number of nitrogens with two attached hydrogens (primary N) is 1. The number of carbonyl (C=O) groups is 2. The van der Waals surface area contributed by atoms with Crippen LogP contribution in [0.5, 0.6) is 11.5 Å². The van der Waals surface area contributed by atoms with Crippen molar-refractivity contribution in [2.75, 3.05) is 32.0 Å². The van der Waals surface area contributed by atoms with Crippen LogP contribution < -0.4 is 31.2 Å². The third-order valence-corrected chi connectivity index (χ3v) is 3.83. The molecule has 0 saturated carbocycles. The molecule has 11 heteroatoms. The molecule has 0 unspecified atom stereocenters. The summed E-state index contributed by atoms with van der Waals surface area (Å²) in [5.41, 5.74) is 6.08. The van der Waals surface area contributed by atoms with E-state index in [1.54, 1.807) is 6.07 Å². The lowest BCUT2D eigenvalue weighted by Crippen LogP contribution is -2.43. The first-order valence-corrected chi connectivity index (χ1v) is 9.96. The van der Waals surface area contributed by atoms with Gasteiger partial charge in [0.15, 0.2) is 18.1 Å². The van der Waals surface area contributed by atoms with Crippen LogP contribution in [-0.2, 0) is 11.3 Å².